The molecule has 0 saturated heterocycles. The molecule has 0 spiro atoms. The number of aromatic carboxylic acids is 1. The first-order valence-corrected chi connectivity index (χ1v) is 5.78. The number of ether oxygens (including phenoxy) is 1. The normalized spacial score (nSPS) is 10.2. The maximum atomic E-state index is 12.9. The minimum Gasteiger partial charge on any atom is -0.488 e. The summed E-state index contributed by atoms with van der Waals surface area (Å²) in [6.07, 6.45) is 0. The van der Waals surface area contributed by atoms with Crippen molar-refractivity contribution in [3.05, 3.63) is 52.0 Å². The van der Waals surface area contributed by atoms with Crippen LogP contribution in [0.25, 0.3) is 0 Å². The molecule has 0 unspecified atom stereocenters. The fourth-order valence-electron chi connectivity index (χ4n) is 1.33. The lowest BCUT2D eigenvalue weighted by Gasteiger charge is -2.08. The molecule has 3 nitrogen and oxygen atoms in total. The second kappa shape index (κ2) is 4.97. The number of carboxylic acids is 1. The van der Waals surface area contributed by atoms with Gasteiger partial charge in [0.2, 0.25) is 0 Å². The van der Waals surface area contributed by atoms with Gasteiger partial charge >= 0.3 is 5.97 Å². The smallest absolute Gasteiger partial charge is 0.339 e. The van der Waals surface area contributed by atoms with E-state index in [1.54, 1.807) is 0 Å². The predicted molar refractivity (Wildman–Crippen MR) is 62.0 cm³/mol. The lowest BCUT2D eigenvalue weighted by atomic mass is 10.2. The van der Waals surface area contributed by atoms with Gasteiger partial charge in [-0.2, -0.15) is 11.3 Å². The molecule has 0 amide bonds. The molecule has 5 heteroatoms. The van der Waals surface area contributed by atoms with Gasteiger partial charge in [0.15, 0.2) is 0 Å². The molecule has 0 aliphatic carbocycles. The summed E-state index contributed by atoms with van der Waals surface area (Å²) in [6, 6.07) is 5.33. The van der Waals surface area contributed by atoms with Gasteiger partial charge in [-0.15, -0.1) is 0 Å². The fourth-order valence-corrected chi connectivity index (χ4v) is 1.98. The third-order valence-corrected chi connectivity index (χ3v) is 2.88. The van der Waals surface area contributed by atoms with E-state index in [1.807, 2.05) is 16.8 Å². The first-order chi connectivity index (χ1) is 8.16. The second-order valence-electron chi connectivity index (χ2n) is 3.37. The van der Waals surface area contributed by atoms with Crippen molar-refractivity contribution in [1.29, 1.82) is 0 Å². The molecule has 0 aliphatic rings. The van der Waals surface area contributed by atoms with E-state index < -0.39 is 11.8 Å². The highest BCUT2D eigenvalue weighted by Crippen LogP contribution is 2.21. The van der Waals surface area contributed by atoms with Crippen LogP contribution in [-0.4, -0.2) is 11.1 Å². The van der Waals surface area contributed by atoms with Gasteiger partial charge in [0.25, 0.3) is 0 Å². The predicted octanol–water partition coefficient (Wildman–Crippen LogP) is 3.16. The van der Waals surface area contributed by atoms with E-state index in [-0.39, 0.29) is 17.9 Å². The summed E-state index contributed by atoms with van der Waals surface area (Å²) < 4.78 is 18.3. The number of rotatable bonds is 4. The third-order valence-electron chi connectivity index (χ3n) is 2.15. The zero-order valence-electron chi connectivity index (χ0n) is 8.72. The summed E-state index contributed by atoms with van der Waals surface area (Å²) in [4.78, 5) is 10.9. The molecule has 0 fully saturated rings. The average molecular weight is 252 g/mol. The molecule has 1 aromatic carbocycles. The van der Waals surface area contributed by atoms with Crippen LogP contribution in [-0.2, 0) is 6.61 Å². The maximum absolute atomic E-state index is 12.9. The van der Waals surface area contributed by atoms with E-state index >= 15 is 0 Å². The third kappa shape index (κ3) is 2.82. The Balaban J connectivity index is 2.17. The number of thiophene rings is 1. The van der Waals surface area contributed by atoms with E-state index in [4.69, 9.17) is 9.84 Å². The monoisotopic (exact) mass is 252 g/mol. The number of halogens is 1. The average Bonchev–Trinajstić information content (AvgIpc) is 2.80. The van der Waals surface area contributed by atoms with Crippen LogP contribution >= 0.6 is 11.3 Å². The molecule has 0 bridgehead atoms. The van der Waals surface area contributed by atoms with E-state index in [9.17, 15) is 9.18 Å². The lowest BCUT2D eigenvalue weighted by Crippen LogP contribution is -2.03. The first kappa shape index (κ1) is 11.6. The zero-order chi connectivity index (χ0) is 12.3. The maximum Gasteiger partial charge on any atom is 0.339 e. The molecule has 2 rings (SSSR count). The molecule has 0 atom stereocenters. The van der Waals surface area contributed by atoms with Crippen molar-refractivity contribution in [3.63, 3.8) is 0 Å². The van der Waals surface area contributed by atoms with Crippen molar-refractivity contribution >= 4 is 17.3 Å². The van der Waals surface area contributed by atoms with Crippen LogP contribution in [0.15, 0.2) is 35.0 Å². The Morgan fingerprint density at radius 3 is 2.88 bits per heavy atom. The van der Waals surface area contributed by atoms with E-state index in [2.05, 4.69) is 0 Å². The van der Waals surface area contributed by atoms with E-state index in [1.165, 1.54) is 23.5 Å². The number of hydrogen-bond donors (Lipinski definition) is 1. The van der Waals surface area contributed by atoms with Crippen LogP contribution in [0.2, 0.25) is 0 Å². The van der Waals surface area contributed by atoms with Crippen molar-refractivity contribution in [3.8, 4) is 5.75 Å². The van der Waals surface area contributed by atoms with Crippen molar-refractivity contribution in [2.75, 3.05) is 0 Å². The number of carbonyl (C=O) groups is 1. The zero-order valence-corrected chi connectivity index (χ0v) is 9.54. The van der Waals surface area contributed by atoms with Gasteiger partial charge < -0.3 is 9.84 Å². The standard InChI is InChI=1S/C12H9FO3S/c13-9-1-2-11(10(5-9)12(14)15)16-6-8-3-4-17-7-8/h1-5,7H,6H2,(H,14,15). The molecule has 88 valence electrons. The summed E-state index contributed by atoms with van der Waals surface area (Å²) in [7, 11) is 0. The van der Waals surface area contributed by atoms with Gasteiger partial charge in [0, 0.05) is 0 Å². The molecule has 2 aromatic rings. The Hall–Kier alpha value is -1.88. The van der Waals surface area contributed by atoms with Crippen molar-refractivity contribution < 1.29 is 19.0 Å². The topological polar surface area (TPSA) is 46.5 Å². The van der Waals surface area contributed by atoms with Crippen LogP contribution in [0.3, 0.4) is 0 Å². The molecular formula is C12H9FO3S. The van der Waals surface area contributed by atoms with Gasteiger partial charge in [0.05, 0.1) is 0 Å². The second-order valence-corrected chi connectivity index (χ2v) is 4.15. The van der Waals surface area contributed by atoms with E-state index in [0.29, 0.717) is 0 Å². The summed E-state index contributed by atoms with van der Waals surface area (Å²) in [5.41, 5.74) is 0.788. The van der Waals surface area contributed by atoms with Gasteiger partial charge in [-0.25, -0.2) is 9.18 Å². The van der Waals surface area contributed by atoms with Gasteiger partial charge in [0.1, 0.15) is 23.7 Å². The molecule has 1 aromatic heterocycles. The van der Waals surface area contributed by atoms with Crippen LogP contribution in [0.4, 0.5) is 4.39 Å². The summed E-state index contributed by atoms with van der Waals surface area (Å²) in [5.74, 6) is -1.62. The van der Waals surface area contributed by atoms with Crippen LogP contribution in [0.5, 0.6) is 5.75 Å². The summed E-state index contributed by atoms with van der Waals surface area (Å²) >= 11 is 1.53. The highest BCUT2D eigenvalue weighted by atomic mass is 32.1. The Morgan fingerprint density at radius 1 is 1.41 bits per heavy atom. The van der Waals surface area contributed by atoms with E-state index in [0.717, 1.165) is 11.6 Å². The van der Waals surface area contributed by atoms with Crippen LogP contribution in [0, 0.1) is 5.82 Å². The molecule has 0 radical (unpaired) electrons. The van der Waals surface area contributed by atoms with Crippen LogP contribution < -0.4 is 4.74 Å². The van der Waals surface area contributed by atoms with Crippen molar-refractivity contribution in [2.24, 2.45) is 0 Å². The number of benzene rings is 1. The van der Waals surface area contributed by atoms with Gasteiger partial charge in [-0.3, -0.25) is 0 Å². The molecule has 1 heterocycles. The Morgan fingerprint density at radius 2 is 2.24 bits per heavy atom. The Bertz CT molecular complexity index is 523. The quantitative estimate of drug-likeness (QED) is 0.909. The molecule has 0 saturated carbocycles. The molecular weight excluding hydrogens is 243 g/mol. The van der Waals surface area contributed by atoms with Crippen molar-refractivity contribution in [2.45, 2.75) is 6.61 Å². The molecule has 1 N–H and O–H groups in total. The SMILES string of the molecule is O=C(O)c1cc(F)ccc1OCc1ccsc1. The minimum absolute atomic E-state index is 0.166. The Kier molecular flexibility index (Phi) is 3.39. The lowest BCUT2D eigenvalue weighted by molar-refractivity contribution is 0.0691. The number of carboxylic acid groups (broad SMARTS) is 1. The van der Waals surface area contributed by atoms with Gasteiger partial charge in [-0.05, 0) is 40.6 Å². The fraction of sp³-hybridized carbons (Fsp3) is 0.0833. The highest BCUT2D eigenvalue weighted by Gasteiger charge is 2.12. The van der Waals surface area contributed by atoms with Crippen molar-refractivity contribution in [1.82, 2.24) is 0 Å². The van der Waals surface area contributed by atoms with Crippen LogP contribution in [0.1, 0.15) is 15.9 Å². The Labute approximate surface area is 101 Å². The largest absolute Gasteiger partial charge is 0.488 e. The first-order valence-electron chi connectivity index (χ1n) is 4.83. The highest BCUT2D eigenvalue weighted by molar-refractivity contribution is 7.07. The molecule has 0 aliphatic heterocycles. The summed E-state index contributed by atoms with van der Waals surface area (Å²) in [6.45, 7) is 0.273. The number of hydrogen-bond acceptors (Lipinski definition) is 3. The minimum atomic E-state index is -1.20. The molecule has 17 heavy (non-hydrogen) atoms. The summed E-state index contributed by atoms with van der Waals surface area (Å²) in [5, 5.41) is 12.7. The van der Waals surface area contributed by atoms with Gasteiger partial charge in [-0.1, -0.05) is 0 Å².